The Morgan fingerprint density at radius 2 is 1.80 bits per heavy atom. The molecule has 3 nitrogen and oxygen atoms in total. The summed E-state index contributed by atoms with van der Waals surface area (Å²) in [4.78, 5) is 2.47. The van der Waals surface area contributed by atoms with Crippen molar-refractivity contribution in [2.45, 2.75) is 25.7 Å². The Kier molecular flexibility index (Phi) is 3.80. The molecule has 1 heterocycles. The lowest BCUT2D eigenvalue weighted by atomic mass is 9.85. The van der Waals surface area contributed by atoms with Crippen molar-refractivity contribution in [3.8, 4) is 0 Å². The minimum Gasteiger partial charge on any atom is -0.330 e. The predicted octanol–water partition coefficient (Wildman–Crippen LogP) is 0.570. The maximum Gasteiger partial charge on any atom is 0.0363 e. The van der Waals surface area contributed by atoms with Gasteiger partial charge in [0.2, 0.25) is 0 Å². The van der Waals surface area contributed by atoms with Crippen LogP contribution in [0.5, 0.6) is 0 Å². The van der Waals surface area contributed by atoms with Gasteiger partial charge < -0.3 is 10.6 Å². The van der Waals surface area contributed by atoms with Crippen LogP contribution in [0.3, 0.4) is 0 Å². The predicted molar refractivity (Wildman–Crippen MR) is 64.3 cm³/mol. The Labute approximate surface area is 94.9 Å². The van der Waals surface area contributed by atoms with Crippen molar-refractivity contribution >= 4 is 10.8 Å². The summed E-state index contributed by atoms with van der Waals surface area (Å²) in [5.74, 6) is 1.72. The molecule has 0 aromatic carbocycles. The van der Waals surface area contributed by atoms with E-state index in [2.05, 4.69) is 4.90 Å². The van der Waals surface area contributed by atoms with Crippen LogP contribution >= 0.6 is 0 Å². The van der Waals surface area contributed by atoms with Crippen LogP contribution in [0, 0.1) is 5.41 Å². The maximum atomic E-state index is 11.3. The molecule has 0 aromatic heterocycles. The highest BCUT2D eigenvalue weighted by Crippen LogP contribution is 2.37. The van der Waals surface area contributed by atoms with Crippen molar-refractivity contribution in [3.05, 3.63) is 0 Å². The Bertz CT molecular complexity index is 229. The molecule has 0 spiro atoms. The van der Waals surface area contributed by atoms with Gasteiger partial charge in [0, 0.05) is 41.9 Å². The van der Waals surface area contributed by atoms with Crippen molar-refractivity contribution in [1.82, 2.24) is 4.90 Å². The molecule has 0 unspecified atom stereocenters. The molecule has 1 saturated carbocycles. The number of nitrogens with zero attached hydrogens (tertiary/aromatic N) is 1. The third-order valence-electron chi connectivity index (χ3n) is 3.93. The van der Waals surface area contributed by atoms with Crippen LogP contribution in [0.4, 0.5) is 0 Å². The summed E-state index contributed by atoms with van der Waals surface area (Å²) in [6.45, 7) is 3.98. The molecule has 1 aliphatic heterocycles. The highest BCUT2D eigenvalue weighted by atomic mass is 32.2. The molecule has 2 aliphatic rings. The first kappa shape index (κ1) is 11.6. The van der Waals surface area contributed by atoms with E-state index in [1.54, 1.807) is 0 Å². The third kappa shape index (κ3) is 2.80. The van der Waals surface area contributed by atoms with Crippen molar-refractivity contribution in [2.24, 2.45) is 11.1 Å². The number of hydrogen-bond donors (Lipinski definition) is 1. The van der Waals surface area contributed by atoms with Crippen LogP contribution in [0.2, 0.25) is 0 Å². The lowest BCUT2D eigenvalue weighted by molar-refractivity contribution is 0.168. The van der Waals surface area contributed by atoms with Gasteiger partial charge >= 0.3 is 0 Å². The summed E-state index contributed by atoms with van der Waals surface area (Å²) in [7, 11) is -0.552. The Morgan fingerprint density at radius 1 is 1.20 bits per heavy atom. The zero-order valence-corrected chi connectivity index (χ0v) is 10.2. The molecule has 0 amide bonds. The standard InChI is InChI=1S/C11H22N2OS/c12-9-11(3-1-2-4-11)10-13-5-7-15(14)8-6-13/h1-10,12H2. The molecule has 0 atom stereocenters. The van der Waals surface area contributed by atoms with Gasteiger partial charge in [-0.05, 0) is 24.8 Å². The van der Waals surface area contributed by atoms with Crippen molar-refractivity contribution < 1.29 is 4.21 Å². The third-order valence-corrected chi connectivity index (χ3v) is 5.20. The highest BCUT2D eigenvalue weighted by Gasteiger charge is 2.34. The Hall–Kier alpha value is 0.0700. The topological polar surface area (TPSA) is 46.3 Å². The van der Waals surface area contributed by atoms with Gasteiger partial charge in [0.1, 0.15) is 0 Å². The molecular weight excluding hydrogens is 208 g/mol. The van der Waals surface area contributed by atoms with E-state index in [0.717, 1.165) is 37.7 Å². The fourth-order valence-electron chi connectivity index (χ4n) is 2.86. The SMILES string of the molecule is NCC1(CN2CCS(=O)CC2)CCCC1. The molecule has 88 valence electrons. The van der Waals surface area contributed by atoms with Gasteiger partial charge in [-0.3, -0.25) is 4.21 Å². The van der Waals surface area contributed by atoms with Crippen molar-refractivity contribution in [3.63, 3.8) is 0 Å². The minimum atomic E-state index is -0.552. The van der Waals surface area contributed by atoms with E-state index in [9.17, 15) is 4.21 Å². The van der Waals surface area contributed by atoms with Gasteiger partial charge in [-0.25, -0.2) is 0 Å². The van der Waals surface area contributed by atoms with Crippen molar-refractivity contribution in [2.75, 3.05) is 37.7 Å². The smallest absolute Gasteiger partial charge is 0.0363 e. The lowest BCUT2D eigenvalue weighted by Gasteiger charge is -2.36. The van der Waals surface area contributed by atoms with Crippen LogP contribution in [0.15, 0.2) is 0 Å². The highest BCUT2D eigenvalue weighted by molar-refractivity contribution is 7.85. The maximum absolute atomic E-state index is 11.3. The lowest BCUT2D eigenvalue weighted by Crippen LogP contribution is -2.46. The van der Waals surface area contributed by atoms with E-state index in [0.29, 0.717) is 5.41 Å². The molecule has 0 aromatic rings. The van der Waals surface area contributed by atoms with Gasteiger partial charge in [-0.1, -0.05) is 12.8 Å². The van der Waals surface area contributed by atoms with Crippen LogP contribution in [-0.2, 0) is 10.8 Å². The molecule has 2 rings (SSSR count). The van der Waals surface area contributed by atoms with Crippen LogP contribution in [0.1, 0.15) is 25.7 Å². The van der Waals surface area contributed by atoms with E-state index >= 15 is 0 Å². The average Bonchev–Trinajstić information content (AvgIpc) is 2.71. The van der Waals surface area contributed by atoms with E-state index in [4.69, 9.17) is 5.73 Å². The molecule has 2 fully saturated rings. The zero-order chi connectivity index (χ0) is 10.7. The summed E-state index contributed by atoms with van der Waals surface area (Å²) in [6, 6.07) is 0. The summed E-state index contributed by atoms with van der Waals surface area (Å²) in [6.07, 6.45) is 5.28. The number of nitrogens with two attached hydrogens (primary N) is 1. The van der Waals surface area contributed by atoms with Crippen molar-refractivity contribution in [1.29, 1.82) is 0 Å². The summed E-state index contributed by atoms with van der Waals surface area (Å²) < 4.78 is 11.3. The largest absolute Gasteiger partial charge is 0.330 e. The molecule has 1 aliphatic carbocycles. The van der Waals surface area contributed by atoms with Crippen LogP contribution < -0.4 is 5.73 Å². The zero-order valence-electron chi connectivity index (χ0n) is 9.41. The molecule has 1 saturated heterocycles. The Balaban J connectivity index is 1.87. The second-order valence-corrected chi connectivity index (χ2v) is 6.73. The monoisotopic (exact) mass is 230 g/mol. The second kappa shape index (κ2) is 4.93. The summed E-state index contributed by atoms with van der Waals surface area (Å²) in [5.41, 5.74) is 6.31. The molecule has 2 N–H and O–H groups in total. The number of rotatable bonds is 3. The first-order chi connectivity index (χ1) is 7.24. The van der Waals surface area contributed by atoms with Gasteiger partial charge in [-0.15, -0.1) is 0 Å². The fourth-order valence-corrected chi connectivity index (χ4v) is 3.99. The first-order valence-electron chi connectivity index (χ1n) is 6.02. The molecule has 0 radical (unpaired) electrons. The van der Waals surface area contributed by atoms with Gasteiger partial charge in [0.15, 0.2) is 0 Å². The van der Waals surface area contributed by atoms with Gasteiger partial charge in [0.25, 0.3) is 0 Å². The molecule has 0 bridgehead atoms. The number of hydrogen-bond acceptors (Lipinski definition) is 3. The summed E-state index contributed by atoms with van der Waals surface area (Å²) in [5, 5.41) is 0. The van der Waals surface area contributed by atoms with Crippen LogP contribution in [-0.4, -0.2) is 46.8 Å². The quantitative estimate of drug-likeness (QED) is 0.771. The minimum absolute atomic E-state index is 0.388. The van der Waals surface area contributed by atoms with Gasteiger partial charge in [-0.2, -0.15) is 0 Å². The fraction of sp³-hybridized carbons (Fsp3) is 1.00. The van der Waals surface area contributed by atoms with E-state index in [1.165, 1.54) is 25.7 Å². The van der Waals surface area contributed by atoms with E-state index < -0.39 is 10.8 Å². The Morgan fingerprint density at radius 3 is 2.33 bits per heavy atom. The van der Waals surface area contributed by atoms with Gasteiger partial charge in [0.05, 0.1) is 0 Å². The van der Waals surface area contributed by atoms with Crippen LogP contribution in [0.25, 0.3) is 0 Å². The normalized spacial score (nSPS) is 28.3. The van der Waals surface area contributed by atoms with E-state index in [1.807, 2.05) is 0 Å². The molecular formula is C11H22N2OS. The second-order valence-electron chi connectivity index (χ2n) is 5.04. The molecule has 15 heavy (non-hydrogen) atoms. The summed E-state index contributed by atoms with van der Waals surface area (Å²) >= 11 is 0. The average molecular weight is 230 g/mol. The van der Waals surface area contributed by atoms with E-state index in [-0.39, 0.29) is 0 Å². The molecule has 4 heteroatoms. The first-order valence-corrected chi connectivity index (χ1v) is 7.50.